The molecule has 78 valence electrons. The van der Waals surface area contributed by atoms with Gasteiger partial charge in [0.15, 0.2) is 5.41 Å². The molecule has 5 heteroatoms. The maximum absolute atomic E-state index is 10.8. The maximum Gasteiger partial charge on any atom is 0.303 e. The summed E-state index contributed by atoms with van der Waals surface area (Å²) in [6.45, 7) is 3.31. The lowest BCUT2D eigenvalue weighted by Gasteiger charge is -2.33. The van der Waals surface area contributed by atoms with Crippen molar-refractivity contribution in [2.45, 2.75) is 31.8 Å². The zero-order valence-corrected chi connectivity index (χ0v) is 10.9. The lowest BCUT2D eigenvalue weighted by atomic mass is 10.2. The number of carbonyl (C=O) groups is 1. The Bertz CT molecular complexity index is 168. The Balaban J connectivity index is 4.42. The molecule has 13 heavy (non-hydrogen) atoms. The van der Waals surface area contributed by atoms with Crippen molar-refractivity contribution < 1.29 is 19.0 Å². The topological polar surface area (TPSA) is 44.8 Å². The zero-order valence-electron chi connectivity index (χ0n) is 8.92. The van der Waals surface area contributed by atoms with E-state index in [2.05, 4.69) is 0 Å². The van der Waals surface area contributed by atoms with Gasteiger partial charge in [-0.1, -0.05) is 6.92 Å². The summed E-state index contributed by atoms with van der Waals surface area (Å²) in [6, 6.07) is 0. The van der Waals surface area contributed by atoms with Gasteiger partial charge in [-0.15, -0.1) is 0 Å². The molecule has 0 radical (unpaired) electrons. The highest BCUT2D eigenvalue weighted by molar-refractivity contribution is 6.14. The lowest BCUT2D eigenvalue weighted by Crippen LogP contribution is -2.48. The van der Waals surface area contributed by atoms with E-state index in [-0.39, 0.29) is 12.1 Å². The Hall–Kier alpha value is -0.393. The monoisotopic (exact) mass is 206 g/mol. The molecule has 1 atom stereocenters. The van der Waals surface area contributed by atoms with Gasteiger partial charge in [0, 0.05) is 21.1 Å². The molecule has 0 amide bonds. The minimum Gasteiger partial charge on any atom is -0.457 e. The van der Waals surface area contributed by atoms with Gasteiger partial charge >= 0.3 is 5.97 Å². The van der Waals surface area contributed by atoms with Gasteiger partial charge < -0.3 is 14.2 Å². The average molecular weight is 206 g/mol. The smallest absolute Gasteiger partial charge is 0.303 e. The Labute approximate surface area is 82.0 Å². The largest absolute Gasteiger partial charge is 0.457 e. The van der Waals surface area contributed by atoms with E-state index >= 15 is 0 Å². The van der Waals surface area contributed by atoms with Gasteiger partial charge in [0.2, 0.25) is 0 Å². The van der Waals surface area contributed by atoms with E-state index < -0.39 is 5.41 Å². The van der Waals surface area contributed by atoms with Crippen LogP contribution in [0.4, 0.5) is 0 Å². The second kappa shape index (κ2) is 5.36. The van der Waals surface area contributed by atoms with Gasteiger partial charge in [0.25, 0.3) is 0 Å². The summed E-state index contributed by atoms with van der Waals surface area (Å²) in [4.78, 5) is 10.8. The molecular weight excluding hydrogens is 188 g/mol. The van der Waals surface area contributed by atoms with E-state index in [9.17, 15) is 4.79 Å². The van der Waals surface area contributed by atoms with Crippen LogP contribution in [0.2, 0.25) is 0 Å². The zero-order chi connectivity index (χ0) is 10.5. The molecule has 0 aliphatic rings. The Morgan fingerprint density at radius 3 is 2.15 bits per heavy atom. The van der Waals surface area contributed by atoms with Crippen LogP contribution in [-0.2, 0) is 19.0 Å². The van der Waals surface area contributed by atoms with Gasteiger partial charge in [-0.25, -0.2) is 0 Å². The standard InChI is InChI=1S/C8H18O4Si/c1-5-7(12-6(2)9)8(13,10-3)11-4/h7H,5H2,1-4,13H3. The van der Waals surface area contributed by atoms with Crippen LogP contribution in [-0.4, -0.2) is 41.9 Å². The molecule has 0 aliphatic heterocycles. The van der Waals surface area contributed by atoms with Crippen molar-refractivity contribution in [3.63, 3.8) is 0 Å². The van der Waals surface area contributed by atoms with E-state index in [0.717, 1.165) is 0 Å². The van der Waals surface area contributed by atoms with E-state index in [4.69, 9.17) is 14.2 Å². The third-order valence-corrected chi connectivity index (χ3v) is 3.53. The average Bonchev–Trinajstić information content (AvgIpc) is 2.12. The first-order chi connectivity index (χ1) is 6.00. The van der Waals surface area contributed by atoms with Crippen molar-refractivity contribution >= 4 is 16.2 Å². The van der Waals surface area contributed by atoms with Crippen molar-refractivity contribution in [3.05, 3.63) is 0 Å². The minimum atomic E-state index is -0.722. The molecule has 0 aliphatic carbocycles. The SMILES string of the molecule is CCC(OC(C)=O)C([SiH3])(OC)OC. The first-order valence-electron chi connectivity index (χ1n) is 4.27. The molecule has 0 aromatic carbocycles. The van der Waals surface area contributed by atoms with Crippen molar-refractivity contribution in [2.75, 3.05) is 14.2 Å². The third kappa shape index (κ3) is 3.46. The highest BCUT2D eigenvalue weighted by Crippen LogP contribution is 2.18. The Morgan fingerprint density at radius 2 is 1.92 bits per heavy atom. The molecular formula is C8H18O4Si. The van der Waals surface area contributed by atoms with Crippen LogP contribution < -0.4 is 0 Å². The molecule has 0 saturated carbocycles. The molecule has 1 unspecified atom stereocenters. The van der Waals surface area contributed by atoms with Crippen LogP contribution in [0.1, 0.15) is 20.3 Å². The molecule has 0 aromatic rings. The summed E-state index contributed by atoms with van der Waals surface area (Å²) in [5.74, 6) is -0.304. The third-order valence-electron chi connectivity index (χ3n) is 2.07. The minimum absolute atomic E-state index is 0.304. The highest BCUT2D eigenvalue weighted by atomic mass is 28.1. The second-order valence-corrected chi connectivity index (χ2v) is 4.32. The molecule has 0 saturated heterocycles. The van der Waals surface area contributed by atoms with Crippen molar-refractivity contribution in [1.29, 1.82) is 0 Å². The number of rotatable bonds is 5. The predicted octanol–water partition coefficient (Wildman–Crippen LogP) is -0.360. The van der Waals surface area contributed by atoms with E-state index in [1.807, 2.05) is 6.92 Å². The lowest BCUT2D eigenvalue weighted by molar-refractivity contribution is -0.215. The van der Waals surface area contributed by atoms with Crippen LogP contribution in [0.15, 0.2) is 0 Å². The predicted molar refractivity (Wildman–Crippen MR) is 52.5 cm³/mol. The second-order valence-electron chi connectivity index (χ2n) is 2.93. The van der Waals surface area contributed by atoms with Crippen LogP contribution >= 0.6 is 0 Å². The fourth-order valence-electron chi connectivity index (χ4n) is 1.11. The first kappa shape index (κ1) is 12.6. The van der Waals surface area contributed by atoms with E-state index in [1.54, 1.807) is 14.2 Å². The van der Waals surface area contributed by atoms with Gasteiger partial charge in [0.1, 0.15) is 6.10 Å². The molecule has 0 aromatic heterocycles. The summed E-state index contributed by atoms with van der Waals surface area (Å²) in [7, 11) is 3.76. The molecule has 0 spiro atoms. The van der Waals surface area contributed by atoms with Crippen LogP contribution in [0, 0.1) is 0 Å². The number of esters is 1. The summed E-state index contributed by atoms with van der Waals surface area (Å²) in [5, 5.41) is 0. The maximum atomic E-state index is 10.8. The quantitative estimate of drug-likeness (QED) is 0.350. The van der Waals surface area contributed by atoms with Gasteiger partial charge in [0.05, 0.1) is 10.2 Å². The summed E-state index contributed by atoms with van der Waals surface area (Å²) >= 11 is 0. The van der Waals surface area contributed by atoms with Crippen molar-refractivity contribution in [2.24, 2.45) is 0 Å². The summed E-state index contributed by atoms with van der Waals surface area (Å²) in [5.41, 5.74) is -0.722. The number of carbonyl (C=O) groups excluding carboxylic acids is 1. The van der Waals surface area contributed by atoms with Crippen molar-refractivity contribution in [3.8, 4) is 0 Å². The fraction of sp³-hybridized carbons (Fsp3) is 0.875. The Morgan fingerprint density at radius 1 is 1.46 bits per heavy atom. The van der Waals surface area contributed by atoms with Crippen LogP contribution in [0.5, 0.6) is 0 Å². The molecule has 0 rings (SSSR count). The molecule has 0 N–H and O–H groups in total. The van der Waals surface area contributed by atoms with Crippen molar-refractivity contribution in [1.82, 2.24) is 0 Å². The highest BCUT2D eigenvalue weighted by Gasteiger charge is 2.35. The normalized spacial score (nSPS) is 14.2. The number of hydrogen-bond donors (Lipinski definition) is 0. The Kier molecular flexibility index (Phi) is 5.20. The van der Waals surface area contributed by atoms with Gasteiger partial charge in [-0.2, -0.15) is 0 Å². The number of hydrogen-bond acceptors (Lipinski definition) is 4. The molecule has 0 fully saturated rings. The molecule has 0 bridgehead atoms. The van der Waals surface area contributed by atoms with E-state index in [0.29, 0.717) is 16.7 Å². The fourth-order valence-corrected chi connectivity index (χ4v) is 1.63. The van der Waals surface area contributed by atoms with Gasteiger partial charge in [-0.3, -0.25) is 4.79 Å². The summed E-state index contributed by atoms with van der Waals surface area (Å²) < 4.78 is 15.5. The van der Waals surface area contributed by atoms with Crippen LogP contribution in [0.3, 0.4) is 0 Å². The number of ether oxygens (including phenoxy) is 3. The molecule has 0 heterocycles. The first-order valence-corrected chi connectivity index (χ1v) is 5.27. The number of methoxy groups -OCH3 is 2. The van der Waals surface area contributed by atoms with E-state index in [1.165, 1.54) is 6.92 Å². The summed E-state index contributed by atoms with van der Waals surface area (Å²) in [6.07, 6.45) is 0.372. The molecule has 4 nitrogen and oxygen atoms in total. The van der Waals surface area contributed by atoms with Crippen LogP contribution in [0.25, 0.3) is 0 Å². The van der Waals surface area contributed by atoms with Gasteiger partial charge in [-0.05, 0) is 6.42 Å².